The van der Waals surface area contributed by atoms with Crippen LogP contribution in [-0.2, 0) is 21.4 Å². The number of aromatic nitrogens is 2. The van der Waals surface area contributed by atoms with Gasteiger partial charge in [0.15, 0.2) is 0 Å². The van der Waals surface area contributed by atoms with Crippen molar-refractivity contribution in [2.24, 2.45) is 0 Å². The number of hydrogen-bond acceptors (Lipinski definition) is 7. The van der Waals surface area contributed by atoms with E-state index in [1.165, 1.54) is 0 Å². The minimum Gasteiger partial charge on any atom is -0.448 e. The average Bonchev–Trinajstić information content (AvgIpc) is 3.18. The SMILES string of the molecule is O=C(OCc1ccccc1)S(=O)(=O)N1CC(c2n[nH]c(=O)o2)=Cc2ccccc21. The molecular formula is C19H15N3O6S. The van der Waals surface area contributed by atoms with Crippen LogP contribution in [0.1, 0.15) is 17.0 Å². The Bertz CT molecular complexity index is 1240. The maximum Gasteiger partial charge on any atom is 0.445 e. The van der Waals surface area contributed by atoms with Crippen LogP contribution in [0, 0.1) is 0 Å². The summed E-state index contributed by atoms with van der Waals surface area (Å²) in [4.78, 5) is 23.7. The first-order chi connectivity index (χ1) is 13.9. The van der Waals surface area contributed by atoms with Crippen LogP contribution in [0.2, 0.25) is 0 Å². The van der Waals surface area contributed by atoms with E-state index < -0.39 is 21.1 Å². The summed E-state index contributed by atoms with van der Waals surface area (Å²) in [5.74, 6) is -0.821. The molecule has 0 saturated carbocycles. The fourth-order valence-electron chi connectivity index (χ4n) is 2.90. The van der Waals surface area contributed by atoms with Gasteiger partial charge in [0.05, 0.1) is 12.2 Å². The third kappa shape index (κ3) is 3.69. The van der Waals surface area contributed by atoms with Crippen LogP contribution in [-0.4, -0.2) is 30.5 Å². The summed E-state index contributed by atoms with van der Waals surface area (Å²) in [6, 6.07) is 15.4. The van der Waals surface area contributed by atoms with E-state index in [9.17, 15) is 18.0 Å². The molecule has 1 aliphatic heterocycles. The summed E-state index contributed by atoms with van der Waals surface area (Å²) in [6.07, 6.45) is 1.65. The third-order valence-corrected chi connectivity index (χ3v) is 5.71. The highest BCUT2D eigenvalue weighted by Crippen LogP contribution is 2.34. The van der Waals surface area contributed by atoms with Gasteiger partial charge in [0.25, 0.3) is 0 Å². The number of benzene rings is 2. The van der Waals surface area contributed by atoms with Crippen LogP contribution >= 0.6 is 0 Å². The van der Waals surface area contributed by atoms with E-state index in [1.54, 1.807) is 60.7 Å². The van der Waals surface area contributed by atoms with Crippen LogP contribution < -0.4 is 10.1 Å². The molecule has 0 spiro atoms. The molecule has 9 nitrogen and oxygen atoms in total. The Kier molecular flexibility index (Phi) is 4.77. The normalized spacial score (nSPS) is 13.5. The molecular weight excluding hydrogens is 398 g/mol. The maximum absolute atomic E-state index is 13.0. The van der Waals surface area contributed by atoms with Gasteiger partial charge in [0, 0.05) is 5.57 Å². The Morgan fingerprint density at radius 1 is 1.14 bits per heavy atom. The zero-order valence-electron chi connectivity index (χ0n) is 14.9. The Hall–Kier alpha value is -3.66. The molecule has 0 saturated heterocycles. The minimum absolute atomic E-state index is 0.0534. The van der Waals surface area contributed by atoms with Crippen molar-refractivity contribution in [3.63, 3.8) is 0 Å². The summed E-state index contributed by atoms with van der Waals surface area (Å²) in [5, 5.41) is 4.50. The van der Waals surface area contributed by atoms with Crippen molar-refractivity contribution in [2.75, 3.05) is 10.8 Å². The molecule has 0 aliphatic carbocycles. The van der Waals surface area contributed by atoms with Crippen molar-refractivity contribution < 1.29 is 22.4 Å². The lowest BCUT2D eigenvalue weighted by Gasteiger charge is -2.28. The molecule has 10 heteroatoms. The number of sulfonamides is 1. The predicted octanol–water partition coefficient (Wildman–Crippen LogP) is 2.39. The van der Waals surface area contributed by atoms with Gasteiger partial charge in [-0.3, -0.25) is 4.31 Å². The van der Waals surface area contributed by atoms with Crippen molar-refractivity contribution in [1.29, 1.82) is 0 Å². The summed E-state index contributed by atoms with van der Waals surface area (Å²) in [5.41, 5.74) is 1.82. The minimum atomic E-state index is -4.51. The quantitative estimate of drug-likeness (QED) is 0.652. The predicted molar refractivity (Wildman–Crippen MR) is 104 cm³/mol. The number of carbonyl (C=O) groups excluding carboxylic acids is 1. The van der Waals surface area contributed by atoms with E-state index in [0.29, 0.717) is 22.4 Å². The molecule has 3 aromatic rings. The molecule has 2 heterocycles. The van der Waals surface area contributed by atoms with E-state index in [0.717, 1.165) is 4.31 Å². The standard InChI is InChI=1S/C19H15N3O6S/c23-18-21-20-17(28-18)15-10-14-8-4-5-9-16(14)22(11-15)29(25,26)19(24)27-12-13-6-2-1-3-7-13/h1-10H,11-12H2,(H,21,23). The number of nitrogens with zero attached hydrogens (tertiary/aromatic N) is 2. The molecule has 0 fully saturated rings. The number of para-hydroxylation sites is 1. The number of carbonyl (C=O) groups is 1. The summed E-state index contributed by atoms with van der Waals surface area (Å²) >= 11 is 0. The number of nitrogens with one attached hydrogen (secondary N) is 1. The van der Waals surface area contributed by atoms with Crippen LogP contribution in [0.25, 0.3) is 11.6 Å². The van der Waals surface area contributed by atoms with Crippen molar-refractivity contribution in [3.8, 4) is 0 Å². The second-order valence-electron chi connectivity index (χ2n) is 6.18. The monoisotopic (exact) mass is 413 g/mol. The molecule has 1 aliphatic rings. The average molecular weight is 413 g/mol. The number of hydrogen-bond donors (Lipinski definition) is 1. The van der Waals surface area contributed by atoms with Crippen molar-refractivity contribution in [1.82, 2.24) is 10.2 Å². The molecule has 29 heavy (non-hydrogen) atoms. The molecule has 2 aromatic carbocycles. The molecule has 0 unspecified atom stereocenters. The number of H-pyrrole nitrogens is 1. The van der Waals surface area contributed by atoms with Gasteiger partial charge in [-0.1, -0.05) is 48.5 Å². The molecule has 0 atom stereocenters. The topological polar surface area (TPSA) is 123 Å². The summed E-state index contributed by atoms with van der Waals surface area (Å²) in [7, 11) is -4.51. The smallest absolute Gasteiger partial charge is 0.445 e. The van der Waals surface area contributed by atoms with E-state index in [-0.39, 0.29) is 19.0 Å². The van der Waals surface area contributed by atoms with Gasteiger partial charge < -0.3 is 9.15 Å². The molecule has 0 radical (unpaired) electrons. The van der Waals surface area contributed by atoms with Gasteiger partial charge in [-0.25, -0.2) is 14.7 Å². The third-order valence-electron chi connectivity index (χ3n) is 4.26. The van der Waals surface area contributed by atoms with Crippen molar-refractivity contribution in [2.45, 2.75) is 6.61 Å². The lowest BCUT2D eigenvalue weighted by molar-refractivity contribution is 0.165. The van der Waals surface area contributed by atoms with Crippen LogP contribution in [0.3, 0.4) is 0 Å². The van der Waals surface area contributed by atoms with Gasteiger partial charge in [-0.15, -0.1) is 5.10 Å². The van der Waals surface area contributed by atoms with Crippen LogP contribution in [0.15, 0.2) is 63.8 Å². The second kappa shape index (κ2) is 7.40. The van der Waals surface area contributed by atoms with Gasteiger partial charge in [0.1, 0.15) is 6.61 Å². The second-order valence-corrected chi connectivity index (χ2v) is 7.91. The van der Waals surface area contributed by atoms with Gasteiger partial charge >= 0.3 is 21.1 Å². The fraction of sp³-hybridized carbons (Fsp3) is 0.105. The van der Waals surface area contributed by atoms with Gasteiger partial charge in [-0.2, -0.15) is 8.42 Å². The first-order valence-corrected chi connectivity index (χ1v) is 9.98. The van der Waals surface area contributed by atoms with Crippen LogP contribution in [0.5, 0.6) is 0 Å². The van der Waals surface area contributed by atoms with E-state index in [4.69, 9.17) is 9.15 Å². The number of anilines is 1. The van der Waals surface area contributed by atoms with E-state index in [1.807, 2.05) is 0 Å². The number of rotatable bonds is 4. The Morgan fingerprint density at radius 3 is 2.59 bits per heavy atom. The number of fused-ring (bicyclic) bond motifs is 1. The van der Waals surface area contributed by atoms with Gasteiger partial charge in [-0.05, 0) is 23.3 Å². The van der Waals surface area contributed by atoms with Crippen molar-refractivity contribution in [3.05, 3.63) is 82.2 Å². The Labute approximate surface area is 165 Å². The lowest BCUT2D eigenvalue weighted by atomic mass is 10.0. The van der Waals surface area contributed by atoms with Gasteiger partial charge in [0.2, 0.25) is 5.89 Å². The number of aromatic amines is 1. The zero-order chi connectivity index (χ0) is 20.4. The molecule has 1 N–H and O–H groups in total. The maximum atomic E-state index is 13.0. The Balaban J connectivity index is 1.64. The fourth-order valence-corrected chi connectivity index (χ4v) is 4.02. The molecule has 1 aromatic heterocycles. The summed E-state index contributed by atoms with van der Waals surface area (Å²) < 4.78 is 36.8. The van der Waals surface area contributed by atoms with E-state index >= 15 is 0 Å². The van der Waals surface area contributed by atoms with E-state index in [2.05, 4.69) is 10.2 Å². The Morgan fingerprint density at radius 2 is 1.86 bits per heavy atom. The highest BCUT2D eigenvalue weighted by atomic mass is 32.2. The molecule has 4 rings (SSSR count). The van der Waals surface area contributed by atoms with Crippen LogP contribution in [0.4, 0.5) is 10.5 Å². The molecule has 0 amide bonds. The molecule has 0 bridgehead atoms. The first-order valence-electron chi connectivity index (χ1n) is 8.54. The summed E-state index contributed by atoms with van der Waals surface area (Å²) in [6.45, 7) is -0.418. The lowest BCUT2D eigenvalue weighted by Crippen LogP contribution is -2.39. The largest absolute Gasteiger partial charge is 0.448 e. The molecule has 148 valence electrons. The highest BCUT2D eigenvalue weighted by Gasteiger charge is 2.36. The first kappa shape index (κ1) is 18.7. The highest BCUT2D eigenvalue weighted by molar-refractivity contribution is 8.06. The van der Waals surface area contributed by atoms with Crippen molar-refractivity contribution >= 4 is 32.7 Å². The number of ether oxygens (including phenoxy) is 1. The zero-order valence-corrected chi connectivity index (χ0v) is 15.8.